The summed E-state index contributed by atoms with van der Waals surface area (Å²) in [6.45, 7) is 6.73. The highest BCUT2D eigenvalue weighted by Gasteiger charge is 2.32. The molecule has 1 atom stereocenters. The molecule has 1 amide bonds. The third-order valence-corrected chi connectivity index (χ3v) is 3.60. The van der Waals surface area contributed by atoms with E-state index in [9.17, 15) is 4.79 Å². The molecule has 0 bridgehead atoms. The summed E-state index contributed by atoms with van der Waals surface area (Å²) >= 11 is 0. The normalized spacial score (nSPS) is 20.6. The lowest BCUT2D eigenvalue weighted by Crippen LogP contribution is -2.28. The van der Waals surface area contributed by atoms with Crippen molar-refractivity contribution in [2.75, 3.05) is 0 Å². The van der Waals surface area contributed by atoms with Crippen molar-refractivity contribution in [3.8, 4) is 0 Å². The van der Waals surface area contributed by atoms with Crippen LogP contribution in [0, 0.1) is 11.3 Å². The maximum absolute atomic E-state index is 11.2. The van der Waals surface area contributed by atoms with Crippen LogP contribution in [0.5, 0.6) is 0 Å². The molecule has 0 radical (unpaired) electrons. The largest absolute Gasteiger partial charge is 0.364 e. The number of nitrogens with one attached hydrogen (secondary N) is 1. The first-order valence-corrected chi connectivity index (χ1v) is 5.75. The number of primary amides is 1. The molecule has 1 aliphatic rings. The van der Waals surface area contributed by atoms with Crippen LogP contribution >= 0.6 is 0 Å². The van der Waals surface area contributed by atoms with Crippen LogP contribution in [-0.4, -0.2) is 16.1 Å². The number of aryl methyl sites for hydroxylation is 1. The van der Waals surface area contributed by atoms with Crippen molar-refractivity contribution >= 4 is 5.91 Å². The Morgan fingerprint density at radius 1 is 1.50 bits per heavy atom. The highest BCUT2D eigenvalue weighted by atomic mass is 16.1. The fraction of sp³-hybridized carbons (Fsp3) is 0.667. The number of nitrogens with zero attached hydrogens (tertiary/aromatic N) is 1. The molecule has 0 spiro atoms. The molecule has 3 N–H and O–H groups in total. The maximum atomic E-state index is 11.2. The Balaban J connectivity index is 2.31. The van der Waals surface area contributed by atoms with Crippen LogP contribution in [0.15, 0.2) is 0 Å². The summed E-state index contributed by atoms with van der Waals surface area (Å²) in [6.07, 6.45) is 3.03. The third-order valence-electron chi connectivity index (χ3n) is 3.60. The van der Waals surface area contributed by atoms with Gasteiger partial charge in [0.05, 0.1) is 0 Å². The topological polar surface area (TPSA) is 71.8 Å². The van der Waals surface area contributed by atoms with Crippen molar-refractivity contribution in [1.82, 2.24) is 10.2 Å². The highest BCUT2D eigenvalue weighted by molar-refractivity contribution is 5.92. The molecule has 0 aliphatic heterocycles. The number of hydrogen-bond acceptors (Lipinski definition) is 2. The van der Waals surface area contributed by atoms with Gasteiger partial charge in [-0.25, -0.2) is 0 Å². The molecule has 16 heavy (non-hydrogen) atoms. The van der Waals surface area contributed by atoms with E-state index in [1.807, 2.05) is 0 Å². The molecule has 4 heteroatoms. The Morgan fingerprint density at radius 2 is 2.19 bits per heavy atom. The van der Waals surface area contributed by atoms with E-state index in [-0.39, 0.29) is 5.41 Å². The van der Waals surface area contributed by atoms with Gasteiger partial charge in [-0.1, -0.05) is 20.8 Å². The van der Waals surface area contributed by atoms with Gasteiger partial charge in [0, 0.05) is 11.3 Å². The average Bonchev–Trinajstić information content (AvgIpc) is 2.58. The average molecular weight is 221 g/mol. The number of H-pyrrole nitrogens is 1. The molecule has 0 unspecified atom stereocenters. The van der Waals surface area contributed by atoms with Crippen LogP contribution in [0.25, 0.3) is 0 Å². The zero-order valence-electron chi connectivity index (χ0n) is 10.1. The van der Waals surface area contributed by atoms with Gasteiger partial charge in [0.25, 0.3) is 5.91 Å². The Kier molecular flexibility index (Phi) is 2.52. The summed E-state index contributed by atoms with van der Waals surface area (Å²) in [4.78, 5) is 11.2. The monoisotopic (exact) mass is 221 g/mol. The second-order valence-electron chi connectivity index (χ2n) is 5.70. The van der Waals surface area contributed by atoms with E-state index in [2.05, 4.69) is 31.0 Å². The van der Waals surface area contributed by atoms with Crippen LogP contribution in [0.2, 0.25) is 0 Å². The maximum Gasteiger partial charge on any atom is 0.269 e. The molecule has 1 heterocycles. The van der Waals surface area contributed by atoms with Crippen LogP contribution < -0.4 is 5.73 Å². The van der Waals surface area contributed by atoms with Crippen molar-refractivity contribution in [2.45, 2.75) is 40.0 Å². The van der Waals surface area contributed by atoms with Gasteiger partial charge in [-0.05, 0) is 30.6 Å². The minimum absolute atomic E-state index is 0.268. The van der Waals surface area contributed by atoms with E-state index >= 15 is 0 Å². The molecule has 0 saturated carbocycles. The molecule has 0 saturated heterocycles. The Morgan fingerprint density at radius 3 is 2.75 bits per heavy atom. The Labute approximate surface area is 95.6 Å². The standard InChI is InChI=1S/C12H19N3O/c1-12(2,3)7-4-5-9-8(6-7)10(11(13)16)15-14-9/h7H,4-6H2,1-3H3,(H2,13,16)(H,14,15)/t7-/m1/s1. The van der Waals surface area contributed by atoms with E-state index in [4.69, 9.17) is 5.73 Å². The van der Waals surface area contributed by atoms with Gasteiger partial charge in [0.2, 0.25) is 0 Å². The summed E-state index contributed by atoms with van der Waals surface area (Å²) in [5, 5.41) is 6.94. The number of hydrogen-bond donors (Lipinski definition) is 2. The Hall–Kier alpha value is -1.32. The summed E-state index contributed by atoms with van der Waals surface area (Å²) in [7, 11) is 0. The quantitative estimate of drug-likeness (QED) is 0.757. The second kappa shape index (κ2) is 3.61. The van der Waals surface area contributed by atoms with Crippen LogP contribution in [0.4, 0.5) is 0 Å². The number of aromatic nitrogens is 2. The Bertz CT molecular complexity index is 414. The molecule has 1 aromatic heterocycles. The van der Waals surface area contributed by atoms with Gasteiger partial charge in [0.15, 0.2) is 5.69 Å². The summed E-state index contributed by atoms with van der Waals surface area (Å²) < 4.78 is 0. The van der Waals surface area contributed by atoms with E-state index in [1.54, 1.807) is 0 Å². The van der Waals surface area contributed by atoms with E-state index in [0.717, 1.165) is 30.5 Å². The van der Waals surface area contributed by atoms with Crippen LogP contribution in [-0.2, 0) is 12.8 Å². The number of aromatic amines is 1. The van der Waals surface area contributed by atoms with Gasteiger partial charge >= 0.3 is 0 Å². The lowest BCUT2D eigenvalue weighted by Gasteiger charge is -2.33. The molecule has 0 aromatic carbocycles. The number of nitrogens with two attached hydrogens (primary N) is 1. The summed E-state index contributed by atoms with van der Waals surface area (Å²) in [5.41, 5.74) is 8.15. The number of carbonyl (C=O) groups excluding carboxylic acids is 1. The first-order valence-electron chi connectivity index (χ1n) is 5.75. The first-order chi connectivity index (χ1) is 7.39. The number of fused-ring (bicyclic) bond motifs is 1. The van der Waals surface area contributed by atoms with Crippen LogP contribution in [0.3, 0.4) is 0 Å². The number of amides is 1. The first kappa shape index (κ1) is 11.2. The van der Waals surface area contributed by atoms with Crippen molar-refractivity contribution in [3.05, 3.63) is 17.0 Å². The lowest BCUT2D eigenvalue weighted by atomic mass is 9.71. The van der Waals surface area contributed by atoms with Crippen LogP contribution in [0.1, 0.15) is 48.9 Å². The second-order valence-corrected chi connectivity index (χ2v) is 5.70. The minimum atomic E-state index is -0.424. The molecule has 0 fully saturated rings. The molecule has 88 valence electrons. The number of rotatable bonds is 1. The van der Waals surface area contributed by atoms with Gasteiger partial charge in [-0.15, -0.1) is 0 Å². The molecule has 1 aromatic rings. The van der Waals surface area contributed by atoms with E-state index in [1.165, 1.54) is 0 Å². The van der Waals surface area contributed by atoms with Crippen molar-refractivity contribution in [1.29, 1.82) is 0 Å². The molecule has 2 rings (SSSR count). The van der Waals surface area contributed by atoms with Gasteiger partial charge in [0.1, 0.15) is 0 Å². The SMILES string of the molecule is CC(C)(C)[C@@H]1CCc2[nH]nc(C(N)=O)c2C1. The molecular weight excluding hydrogens is 202 g/mol. The summed E-state index contributed by atoms with van der Waals surface area (Å²) in [5.74, 6) is 0.169. The fourth-order valence-corrected chi connectivity index (χ4v) is 2.44. The predicted octanol–water partition coefficient (Wildman–Crippen LogP) is 1.66. The van der Waals surface area contributed by atoms with Gasteiger partial charge in [-0.3, -0.25) is 9.89 Å². The fourth-order valence-electron chi connectivity index (χ4n) is 2.44. The minimum Gasteiger partial charge on any atom is -0.364 e. The van der Waals surface area contributed by atoms with Crippen molar-refractivity contribution < 1.29 is 4.79 Å². The lowest BCUT2D eigenvalue weighted by molar-refractivity contribution is 0.0993. The van der Waals surface area contributed by atoms with E-state index < -0.39 is 5.91 Å². The van der Waals surface area contributed by atoms with Gasteiger partial charge < -0.3 is 5.73 Å². The third kappa shape index (κ3) is 1.84. The zero-order valence-corrected chi connectivity index (χ0v) is 10.1. The van der Waals surface area contributed by atoms with Gasteiger partial charge in [-0.2, -0.15) is 5.10 Å². The zero-order chi connectivity index (χ0) is 11.9. The predicted molar refractivity (Wildman–Crippen MR) is 62.1 cm³/mol. The van der Waals surface area contributed by atoms with Crippen molar-refractivity contribution in [3.63, 3.8) is 0 Å². The molecule has 4 nitrogen and oxygen atoms in total. The number of carbonyl (C=O) groups is 1. The smallest absolute Gasteiger partial charge is 0.269 e. The van der Waals surface area contributed by atoms with E-state index in [0.29, 0.717) is 11.6 Å². The highest BCUT2D eigenvalue weighted by Crippen LogP contribution is 2.37. The van der Waals surface area contributed by atoms with Crippen molar-refractivity contribution in [2.24, 2.45) is 17.1 Å². The molecular formula is C12H19N3O. The summed E-state index contributed by atoms with van der Waals surface area (Å²) in [6, 6.07) is 0. The molecule has 1 aliphatic carbocycles.